The van der Waals surface area contributed by atoms with Crippen LogP contribution in [0.5, 0.6) is 5.75 Å². The van der Waals surface area contributed by atoms with Crippen molar-refractivity contribution in [3.63, 3.8) is 0 Å². The van der Waals surface area contributed by atoms with Gasteiger partial charge in [0.1, 0.15) is 5.75 Å². The van der Waals surface area contributed by atoms with Gasteiger partial charge >= 0.3 is 0 Å². The third-order valence-corrected chi connectivity index (χ3v) is 3.49. The number of benzene rings is 1. The summed E-state index contributed by atoms with van der Waals surface area (Å²) in [6.07, 6.45) is 0. The number of aryl methyl sites for hydroxylation is 2. The van der Waals surface area contributed by atoms with Gasteiger partial charge in [0.05, 0.1) is 5.75 Å². The van der Waals surface area contributed by atoms with E-state index < -0.39 is 0 Å². The molecule has 0 saturated heterocycles. The quantitative estimate of drug-likeness (QED) is 0.641. The summed E-state index contributed by atoms with van der Waals surface area (Å²) in [5, 5.41) is 16.0. The molecule has 0 unspecified atom stereocenters. The third-order valence-electron chi connectivity index (χ3n) is 2.69. The molecule has 2 aromatic heterocycles. The highest BCUT2D eigenvalue weighted by Gasteiger charge is 2.10. The van der Waals surface area contributed by atoms with Gasteiger partial charge in [-0.2, -0.15) is 0 Å². The van der Waals surface area contributed by atoms with Crippen molar-refractivity contribution in [3.8, 4) is 5.75 Å². The first kappa shape index (κ1) is 14.6. The van der Waals surface area contributed by atoms with Crippen LogP contribution in [0.25, 0.3) is 0 Å². The Morgan fingerprint density at radius 1 is 1.05 bits per heavy atom. The molecule has 114 valence electrons. The SMILES string of the molecule is Cc1cccc(OCc2nnc(SCc3nnc(C)o3)o2)c1. The summed E-state index contributed by atoms with van der Waals surface area (Å²) in [6.45, 7) is 3.98. The fraction of sp³-hybridized carbons (Fsp3) is 0.286. The molecular weight excluding hydrogens is 304 g/mol. The molecule has 8 heteroatoms. The van der Waals surface area contributed by atoms with E-state index in [4.69, 9.17) is 13.6 Å². The zero-order valence-corrected chi connectivity index (χ0v) is 13.0. The van der Waals surface area contributed by atoms with E-state index in [1.165, 1.54) is 11.8 Å². The average molecular weight is 318 g/mol. The molecule has 0 atom stereocenters. The van der Waals surface area contributed by atoms with Crippen LogP contribution in [0, 0.1) is 13.8 Å². The third kappa shape index (κ3) is 3.85. The molecule has 1 aromatic carbocycles. The Bertz CT molecular complexity index is 756. The summed E-state index contributed by atoms with van der Waals surface area (Å²) in [5.41, 5.74) is 1.13. The highest BCUT2D eigenvalue weighted by molar-refractivity contribution is 7.98. The molecule has 22 heavy (non-hydrogen) atoms. The molecule has 0 N–H and O–H groups in total. The zero-order valence-electron chi connectivity index (χ0n) is 12.1. The number of hydrogen-bond donors (Lipinski definition) is 0. The molecule has 0 spiro atoms. The van der Waals surface area contributed by atoms with Crippen molar-refractivity contribution < 1.29 is 13.6 Å². The zero-order chi connectivity index (χ0) is 15.4. The fourth-order valence-electron chi connectivity index (χ4n) is 1.72. The molecule has 0 aliphatic carbocycles. The Balaban J connectivity index is 1.52. The average Bonchev–Trinajstić information content (AvgIpc) is 3.12. The van der Waals surface area contributed by atoms with Crippen LogP contribution < -0.4 is 4.74 Å². The standard InChI is InChI=1S/C14H14N4O3S/c1-9-4-3-5-11(6-9)19-7-12-16-18-14(21-12)22-8-13-17-15-10(2)20-13/h3-6H,7-8H2,1-2H3. The molecule has 0 radical (unpaired) electrons. The molecular formula is C14H14N4O3S. The lowest BCUT2D eigenvalue weighted by Crippen LogP contribution is -1.95. The van der Waals surface area contributed by atoms with Crippen LogP contribution >= 0.6 is 11.8 Å². The Labute approximate surface area is 131 Å². The van der Waals surface area contributed by atoms with Gasteiger partial charge in [0.25, 0.3) is 11.1 Å². The Morgan fingerprint density at radius 3 is 2.68 bits per heavy atom. The largest absolute Gasteiger partial charge is 0.484 e. The van der Waals surface area contributed by atoms with Crippen LogP contribution in [0.1, 0.15) is 23.2 Å². The van der Waals surface area contributed by atoms with Crippen molar-refractivity contribution >= 4 is 11.8 Å². The molecule has 0 saturated carbocycles. The van der Waals surface area contributed by atoms with E-state index in [0.29, 0.717) is 28.6 Å². The van der Waals surface area contributed by atoms with Crippen molar-refractivity contribution in [2.24, 2.45) is 0 Å². The second-order valence-electron chi connectivity index (χ2n) is 4.57. The Hall–Kier alpha value is -2.35. The van der Waals surface area contributed by atoms with Gasteiger partial charge in [0, 0.05) is 6.92 Å². The van der Waals surface area contributed by atoms with Crippen molar-refractivity contribution in [1.29, 1.82) is 0 Å². The topological polar surface area (TPSA) is 87.1 Å². The lowest BCUT2D eigenvalue weighted by atomic mass is 10.2. The van der Waals surface area contributed by atoms with Crippen molar-refractivity contribution in [3.05, 3.63) is 47.5 Å². The lowest BCUT2D eigenvalue weighted by Gasteiger charge is -2.03. The summed E-state index contributed by atoms with van der Waals surface area (Å²) in [6, 6.07) is 7.78. The lowest BCUT2D eigenvalue weighted by molar-refractivity contribution is 0.252. The Morgan fingerprint density at radius 2 is 1.91 bits per heavy atom. The molecule has 0 bridgehead atoms. The van der Waals surface area contributed by atoms with Gasteiger partial charge in [-0.25, -0.2) is 0 Å². The van der Waals surface area contributed by atoms with Gasteiger partial charge < -0.3 is 13.6 Å². The van der Waals surface area contributed by atoms with Gasteiger partial charge in [-0.1, -0.05) is 23.9 Å². The number of thioether (sulfide) groups is 1. The smallest absolute Gasteiger partial charge is 0.277 e. The summed E-state index contributed by atoms with van der Waals surface area (Å²) in [5.74, 6) is 2.74. The van der Waals surface area contributed by atoms with Crippen LogP contribution in [0.2, 0.25) is 0 Å². The maximum atomic E-state index is 5.61. The fourth-order valence-corrected chi connectivity index (χ4v) is 2.34. The second kappa shape index (κ2) is 6.61. The molecule has 0 aliphatic heterocycles. The van der Waals surface area contributed by atoms with Gasteiger partial charge in [-0.3, -0.25) is 0 Å². The van der Waals surface area contributed by atoms with E-state index >= 15 is 0 Å². The summed E-state index contributed by atoms with van der Waals surface area (Å²) in [7, 11) is 0. The first-order chi connectivity index (χ1) is 10.7. The predicted molar refractivity (Wildman–Crippen MR) is 78.4 cm³/mol. The van der Waals surface area contributed by atoms with E-state index in [1.54, 1.807) is 6.92 Å². The van der Waals surface area contributed by atoms with E-state index in [0.717, 1.165) is 11.3 Å². The number of nitrogens with zero attached hydrogens (tertiary/aromatic N) is 4. The van der Waals surface area contributed by atoms with E-state index in [-0.39, 0.29) is 6.61 Å². The Kier molecular flexibility index (Phi) is 4.38. The van der Waals surface area contributed by atoms with Crippen LogP contribution in [-0.4, -0.2) is 20.4 Å². The highest BCUT2D eigenvalue weighted by atomic mass is 32.2. The van der Waals surface area contributed by atoms with Crippen LogP contribution in [0.4, 0.5) is 0 Å². The van der Waals surface area contributed by atoms with Gasteiger partial charge in [0.2, 0.25) is 11.8 Å². The molecule has 7 nitrogen and oxygen atoms in total. The molecule has 2 heterocycles. The summed E-state index contributed by atoms with van der Waals surface area (Å²) >= 11 is 1.34. The van der Waals surface area contributed by atoms with E-state index in [2.05, 4.69) is 20.4 Å². The van der Waals surface area contributed by atoms with Gasteiger partial charge in [-0.15, -0.1) is 20.4 Å². The number of aromatic nitrogens is 4. The minimum absolute atomic E-state index is 0.233. The van der Waals surface area contributed by atoms with Gasteiger partial charge in [0.15, 0.2) is 6.61 Å². The van der Waals surface area contributed by atoms with Crippen molar-refractivity contribution in [2.75, 3.05) is 0 Å². The van der Waals surface area contributed by atoms with E-state index in [9.17, 15) is 0 Å². The maximum absolute atomic E-state index is 5.61. The monoisotopic (exact) mass is 318 g/mol. The molecule has 3 aromatic rings. The summed E-state index contributed by atoms with van der Waals surface area (Å²) < 4.78 is 16.4. The normalized spacial score (nSPS) is 10.8. The van der Waals surface area contributed by atoms with Crippen LogP contribution in [-0.2, 0) is 12.4 Å². The predicted octanol–water partition coefficient (Wildman–Crippen LogP) is 2.94. The molecule has 0 aliphatic rings. The number of ether oxygens (including phenoxy) is 1. The number of hydrogen-bond acceptors (Lipinski definition) is 8. The minimum atomic E-state index is 0.233. The second-order valence-corrected chi connectivity index (χ2v) is 5.50. The summed E-state index contributed by atoms with van der Waals surface area (Å²) in [4.78, 5) is 0. The molecule has 0 fully saturated rings. The van der Waals surface area contributed by atoms with E-state index in [1.807, 2.05) is 31.2 Å². The maximum Gasteiger partial charge on any atom is 0.277 e. The minimum Gasteiger partial charge on any atom is -0.484 e. The van der Waals surface area contributed by atoms with Crippen LogP contribution in [0.3, 0.4) is 0 Å². The number of rotatable bonds is 6. The first-order valence-corrected chi connectivity index (χ1v) is 7.61. The van der Waals surface area contributed by atoms with Gasteiger partial charge in [-0.05, 0) is 24.6 Å². The van der Waals surface area contributed by atoms with Crippen molar-refractivity contribution in [2.45, 2.75) is 31.4 Å². The highest BCUT2D eigenvalue weighted by Crippen LogP contribution is 2.21. The van der Waals surface area contributed by atoms with Crippen LogP contribution in [0.15, 0.2) is 38.3 Å². The molecule has 0 amide bonds. The van der Waals surface area contributed by atoms with Crippen molar-refractivity contribution in [1.82, 2.24) is 20.4 Å². The molecule has 3 rings (SSSR count). The first-order valence-electron chi connectivity index (χ1n) is 6.62.